The van der Waals surface area contributed by atoms with E-state index >= 15 is 0 Å². The van der Waals surface area contributed by atoms with Crippen molar-refractivity contribution in [1.82, 2.24) is 0 Å². The van der Waals surface area contributed by atoms with Crippen LogP contribution in [0.5, 0.6) is 0 Å². The Morgan fingerprint density at radius 2 is 1.00 bits per heavy atom. The number of rotatable bonds is 13. The standard InChI is InChI=1S/C40H50OP2Si/c1-5-44(6-2,7-3)41-38-30-33-28-29-40(38,32-43(36-24-16-10-17-25-36)37-26-18-11-19-27-37)39(33,4)31-42(34-20-12-8-13-21-34)35-22-14-9-15-23-35/h8-27,33,38H,5-7,28-32H2,1-4H3/t33-,38-,39-,40-/m1/s1. The molecule has 2 bridgehead atoms. The van der Waals surface area contributed by atoms with Crippen LogP contribution < -0.4 is 21.2 Å². The minimum Gasteiger partial charge on any atom is -0.413 e. The summed E-state index contributed by atoms with van der Waals surface area (Å²) in [6.07, 6.45) is 6.71. The van der Waals surface area contributed by atoms with E-state index in [-0.39, 0.29) is 10.8 Å². The van der Waals surface area contributed by atoms with E-state index in [1.54, 1.807) is 0 Å². The molecule has 6 rings (SSSR count). The maximum atomic E-state index is 7.70. The fourth-order valence-corrected chi connectivity index (χ4v) is 17.5. The van der Waals surface area contributed by atoms with Crippen LogP contribution in [0.2, 0.25) is 18.1 Å². The van der Waals surface area contributed by atoms with Crippen LogP contribution >= 0.6 is 15.8 Å². The Kier molecular flexibility index (Phi) is 9.95. The molecule has 0 unspecified atom stereocenters. The van der Waals surface area contributed by atoms with Crippen LogP contribution in [-0.2, 0) is 4.43 Å². The Labute approximate surface area is 270 Å². The molecule has 0 radical (unpaired) electrons. The third kappa shape index (κ3) is 5.94. The Bertz CT molecular complexity index is 1380. The number of hydrogen-bond acceptors (Lipinski definition) is 1. The lowest BCUT2D eigenvalue weighted by Gasteiger charge is -2.50. The highest BCUT2D eigenvalue weighted by atomic mass is 31.1. The van der Waals surface area contributed by atoms with Crippen molar-refractivity contribution in [2.24, 2.45) is 16.7 Å². The molecule has 1 nitrogen and oxygen atoms in total. The minimum absolute atomic E-state index is 0.164. The fourth-order valence-electron chi connectivity index (χ4n) is 8.65. The highest BCUT2D eigenvalue weighted by Crippen LogP contribution is 2.72. The lowest BCUT2D eigenvalue weighted by molar-refractivity contribution is 0.0277. The van der Waals surface area contributed by atoms with Gasteiger partial charge in [-0.25, -0.2) is 0 Å². The Hall–Kier alpha value is -2.08. The van der Waals surface area contributed by atoms with Crippen molar-refractivity contribution in [2.45, 2.75) is 71.2 Å². The third-order valence-electron chi connectivity index (χ3n) is 11.6. The molecule has 44 heavy (non-hydrogen) atoms. The molecule has 0 amide bonds. The van der Waals surface area contributed by atoms with Gasteiger partial charge in [-0.05, 0) is 98.1 Å². The van der Waals surface area contributed by atoms with Gasteiger partial charge in [0.2, 0.25) is 0 Å². The SMILES string of the molecule is CC[Si](CC)(CC)O[C@@H]1C[C@H]2CC[C@]1(CP(c1ccccc1)c1ccccc1)[C@]2(C)CP(c1ccccc1)c1ccccc1. The summed E-state index contributed by atoms with van der Waals surface area (Å²) in [6, 6.07) is 49.5. The average Bonchev–Trinajstić information content (AvgIpc) is 3.48. The van der Waals surface area contributed by atoms with E-state index < -0.39 is 24.2 Å². The van der Waals surface area contributed by atoms with Gasteiger partial charge in [0.1, 0.15) is 0 Å². The van der Waals surface area contributed by atoms with Crippen molar-refractivity contribution in [2.75, 3.05) is 12.3 Å². The second kappa shape index (κ2) is 13.7. The monoisotopic (exact) mass is 636 g/mol. The highest BCUT2D eigenvalue weighted by molar-refractivity contribution is 7.73. The smallest absolute Gasteiger partial charge is 0.192 e. The lowest BCUT2D eigenvalue weighted by Crippen LogP contribution is -2.51. The van der Waals surface area contributed by atoms with E-state index in [0.717, 1.165) is 0 Å². The molecule has 4 aromatic rings. The van der Waals surface area contributed by atoms with Crippen molar-refractivity contribution < 1.29 is 4.43 Å². The van der Waals surface area contributed by atoms with Gasteiger partial charge in [-0.2, -0.15) is 0 Å². The van der Waals surface area contributed by atoms with Gasteiger partial charge >= 0.3 is 0 Å². The van der Waals surface area contributed by atoms with Crippen LogP contribution in [-0.4, -0.2) is 26.7 Å². The van der Waals surface area contributed by atoms with Gasteiger partial charge in [-0.1, -0.05) is 149 Å². The van der Waals surface area contributed by atoms with Gasteiger partial charge in [0, 0.05) is 5.41 Å². The predicted octanol–water partition coefficient (Wildman–Crippen LogP) is 9.45. The van der Waals surface area contributed by atoms with Crippen LogP contribution in [0.1, 0.15) is 47.0 Å². The van der Waals surface area contributed by atoms with Gasteiger partial charge in [0.15, 0.2) is 8.32 Å². The van der Waals surface area contributed by atoms with Crippen LogP contribution in [0.4, 0.5) is 0 Å². The summed E-state index contributed by atoms with van der Waals surface area (Å²) in [4.78, 5) is 0. The first-order valence-corrected chi connectivity index (χ1v) is 22.5. The molecule has 2 saturated carbocycles. The lowest BCUT2D eigenvalue weighted by atomic mass is 9.69. The Balaban J connectivity index is 1.48. The molecule has 0 saturated heterocycles. The molecule has 4 heteroatoms. The molecule has 2 aliphatic rings. The first-order valence-electron chi connectivity index (χ1n) is 16.9. The largest absolute Gasteiger partial charge is 0.413 e. The molecule has 2 aliphatic carbocycles. The van der Waals surface area contributed by atoms with E-state index in [1.165, 1.54) is 70.9 Å². The van der Waals surface area contributed by atoms with Crippen molar-refractivity contribution in [3.8, 4) is 0 Å². The van der Waals surface area contributed by atoms with Gasteiger partial charge in [-0.15, -0.1) is 0 Å². The van der Waals surface area contributed by atoms with Crippen molar-refractivity contribution in [3.63, 3.8) is 0 Å². The number of benzene rings is 4. The van der Waals surface area contributed by atoms with E-state index in [9.17, 15) is 0 Å². The molecule has 4 atom stereocenters. The molecule has 0 heterocycles. The summed E-state index contributed by atoms with van der Waals surface area (Å²) in [5, 5.41) is 6.05. The highest BCUT2D eigenvalue weighted by Gasteiger charge is 2.67. The number of hydrogen-bond donors (Lipinski definition) is 0. The van der Waals surface area contributed by atoms with E-state index in [2.05, 4.69) is 149 Å². The van der Waals surface area contributed by atoms with E-state index in [4.69, 9.17) is 4.43 Å². The molecular weight excluding hydrogens is 586 g/mol. The summed E-state index contributed by atoms with van der Waals surface area (Å²) in [6.45, 7) is 9.93. The van der Waals surface area contributed by atoms with Crippen molar-refractivity contribution >= 4 is 45.4 Å². The quantitative estimate of drug-likeness (QED) is 0.105. The summed E-state index contributed by atoms with van der Waals surface area (Å²) in [5.41, 5.74) is 0.380. The zero-order valence-corrected chi connectivity index (χ0v) is 30.0. The van der Waals surface area contributed by atoms with Crippen LogP contribution in [0.25, 0.3) is 0 Å². The van der Waals surface area contributed by atoms with Gasteiger partial charge in [0.25, 0.3) is 0 Å². The van der Waals surface area contributed by atoms with E-state index in [1.807, 2.05) is 0 Å². The first kappa shape index (κ1) is 31.9. The summed E-state index contributed by atoms with van der Waals surface area (Å²) in [5.74, 6) is 0.714. The van der Waals surface area contributed by atoms with Gasteiger partial charge in [-0.3, -0.25) is 0 Å². The molecule has 2 fully saturated rings. The summed E-state index contributed by atoms with van der Waals surface area (Å²) >= 11 is 0. The van der Waals surface area contributed by atoms with Crippen LogP contribution in [0, 0.1) is 16.7 Å². The van der Waals surface area contributed by atoms with E-state index in [0.29, 0.717) is 12.0 Å². The molecule has 230 valence electrons. The molecular formula is C40H50OP2Si. The second-order valence-corrected chi connectivity index (χ2v) is 22.5. The summed E-state index contributed by atoms with van der Waals surface area (Å²) < 4.78 is 7.70. The maximum Gasteiger partial charge on any atom is 0.192 e. The Morgan fingerprint density at radius 3 is 1.39 bits per heavy atom. The summed E-state index contributed by atoms with van der Waals surface area (Å²) in [7, 11) is -2.80. The number of fused-ring (bicyclic) bond motifs is 2. The minimum atomic E-state index is -1.79. The van der Waals surface area contributed by atoms with Gasteiger partial charge in [0.05, 0.1) is 6.10 Å². The van der Waals surface area contributed by atoms with Crippen molar-refractivity contribution in [1.29, 1.82) is 0 Å². The molecule has 0 aromatic heterocycles. The molecule has 0 aliphatic heterocycles. The third-order valence-corrected chi connectivity index (χ3v) is 21.8. The van der Waals surface area contributed by atoms with Crippen LogP contribution in [0.3, 0.4) is 0 Å². The second-order valence-electron chi connectivity index (χ2n) is 13.4. The van der Waals surface area contributed by atoms with Gasteiger partial charge < -0.3 is 4.43 Å². The molecule has 4 aromatic carbocycles. The first-order chi connectivity index (χ1) is 21.5. The zero-order chi connectivity index (χ0) is 30.6. The molecule has 0 spiro atoms. The average molecular weight is 637 g/mol. The molecule has 0 N–H and O–H groups in total. The van der Waals surface area contributed by atoms with Crippen LogP contribution in [0.15, 0.2) is 121 Å². The Morgan fingerprint density at radius 1 is 0.614 bits per heavy atom. The maximum absolute atomic E-state index is 7.70. The zero-order valence-electron chi connectivity index (χ0n) is 27.2. The van der Waals surface area contributed by atoms with Crippen molar-refractivity contribution in [3.05, 3.63) is 121 Å². The predicted molar refractivity (Wildman–Crippen MR) is 198 cm³/mol. The fraction of sp³-hybridized carbons (Fsp3) is 0.400. The normalized spacial score (nSPS) is 24.8. The topological polar surface area (TPSA) is 9.23 Å².